The zero-order valence-corrected chi connectivity index (χ0v) is 12.4. The molecule has 1 aromatic heterocycles. The number of aromatic amines is 1. The van der Waals surface area contributed by atoms with Gasteiger partial charge in [0.1, 0.15) is 0 Å². The standard InChI is InChI=1S/C17H18N4O/c1-2-17(22)21-7-5-20(6-8-21)12-14-11-19-16-4-3-13(10-18)9-15(14)16/h2-4,9,11,19H,1,5-8,12H2. The van der Waals surface area contributed by atoms with E-state index in [1.54, 1.807) is 0 Å². The summed E-state index contributed by atoms with van der Waals surface area (Å²) >= 11 is 0. The maximum absolute atomic E-state index is 11.6. The van der Waals surface area contributed by atoms with Crippen molar-refractivity contribution in [1.29, 1.82) is 5.26 Å². The fraction of sp³-hybridized carbons (Fsp3) is 0.294. The maximum atomic E-state index is 11.6. The number of hydrogen-bond donors (Lipinski definition) is 1. The molecule has 1 aromatic carbocycles. The molecule has 3 rings (SSSR count). The van der Waals surface area contributed by atoms with Crippen LogP contribution in [0, 0.1) is 11.3 Å². The van der Waals surface area contributed by atoms with Crippen LogP contribution in [0.25, 0.3) is 10.9 Å². The molecule has 2 aromatic rings. The van der Waals surface area contributed by atoms with Gasteiger partial charge < -0.3 is 9.88 Å². The molecule has 1 saturated heterocycles. The van der Waals surface area contributed by atoms with E-state index < -0.39 is 0 Å². The Morgan fingerprint density at radius 2 is 2.14 bits per heavy atom. The van der Waals surface area contributed by atoms with Crippen molar-refractivity contribution in [1.82, 2.24) is 14.8 Å². The van der Waals surface area contributed by atoms with Gasteiger partial charge in [0, 0.05) is 49.8 Å². The van der Waals surface area contributed by atoms with Crippen LogP contribution in [-0.4, -0.2) is 46.9 Å². The third kappa shape index (κ3) is 2.74. The van der Waals surface area contributed by atoms with E-state index in [1.807, 2.05) is 29.3 Å². The number of hydrogen-bond acceptors (Lipinski definition) is 3. The minimum Gasteiger partial charge on any atom is -0.361 e. The summed E-state index contributed by atoms with van der Waals surface area (Å²) in [6, 6.07) is 7.88. The lowest BCUT2D eigenvalue weighted by atomic mass is 10.1. The number of carbonyl (C=O) groups is 1. The minimum atomic E-state index is 0.00501. The van der Waals surface area contributed by atoms with Gasteiger partial charge in [0.2, 0.25) is 5.91 Å². The van der Waals surface area contributed by atoms with Crippen LogP contribution in [0.3, 0.4) is 0 Å². The number of nitrogens with zero attached hydrogens (tertiary/aromatic N) is 3. The van der Waals surface area contributed by atoms with E-state index in [0.717, 1.165) is 43.6 Å². The Morgan fingerprint density at radius 3 is 2.82 bits per heavy atom. The normalized spacial score (nSPS) is 15.7. The van der Waals surface area contributed by atoms with Gasteiger partial charge in [-0.15, -0.1) is 0 Å². The first-order chi connectivity index (χ1) is 10.7. The molecule has 1 N–H and O–H groups in total. The van der Waals surface area contributed by atoms with E-state index >= 15 is 0 Å². The van der Waals surface area contributed by atoms with Crippen molar-refractivity contribution in [3.63, 3.8) is 0 Å². The molecule has 0 radical (unpaired) electrons. The van der Waals surface area contributed by atoms with Crippen LogP contribution >= 0.6 is 0 Å². The molecule has 1 amide bonds. The molecule has 5 nitrogen and oxygen atoms in total. The molecule has 1 aliphatic rings. The van der Waals surface area contributed by atoms with Crippen LogP contribution in [0.5, 0.6) is 0 Å². The van der Waals surface area contributed by atoms with Crippen molar-refractivity contribution in [3.8, 4) is 6.07 Å². The van der Waals surface area contributed by atoms with Crippen LogP contribution in [-0.2, 0) is 11.3 Å². The van der Waals surface area contributed by atoms with Gasteiger partial charge in [-0.2, -0.15) is 5.26 Å². The van der Waals surface area contributed by atoms with Crippen LogP contribution in [0.2, 0.25) is 0 Å². The van der Waals surface area contributed by atoms with Crippen molar-refractivity contribution in [2.45, 2.75) is 6.54 Å². The highest BCUT2D eigenvalue weighted by molar-refractivity contribution is 5.87. The molecular formula is C17H18N4O. The number of carbonyl (C=O) groups excluding carboxylic acids is 1. The highest BCUT2D eigenvalue weighted by Crippen LogP contribution is 2.21. The molecule has 22 heavy (non-hydrogen) atoms. The molecule has 0 atom stereocenters. The van der Waals surface area contributed by atoms with Crippen LogP contribution in [0.1, 0.15) is 11.1 Å². The molecule has 5 heteroatoms. The number of H-pyrrole nitrogens is 1. The molecule has 112 valence electrons. The molecule has 1 aliphatic heterocycles. The summed E-state index contributed by atoms with van der Waals surface area (Å²) < 4.78 is 0. The van der Waals surface area contributed by atoms with Crippen molar-refractivity contribution >= 4 is 16.8 Å². The van der Waals surface area contributed by atoms with Gasteiger partial charge >= 0.3 is 0 Å². The van der Waals surface area contributed by atoms with Gasteiger partial charge in [0.05, 0.1) is 11.6 Å². The molecule has 1 fully saturated rings. The zero-order valence-electron chi connectivity index (χ0n) is 12.4. The van der Waals surface area contributed by atoms with E-state index in [4.69, 9.17) is 5.26 Å². The number of rotatable bonds is 3. The summed E-state index contributed by atoms with van der Waals surface area (Å²) in [7, 11) is 0. The second-order valence-corrected chi connectivity index (χ2v) is 5.49. The first-order valence-electron chi connectivity index (χ1n) is 7.35. The zero-order chi connectivity index (χ0) is 15.5. The van der Waals surface area contributed by atoms with Gasteiger partial charge in [-0.3, -0.25) is 9.69 Å². The van der Waals surface area contributed by atoms with Crippen molar-refractivity contribution in [2.75, 3.05) is 26.2 Å². The fourth-order valence-corrected chi connectivity index (χ4v) is 2.88. The average Bonchev–Trinajstić information content (AvgIpc) is 2.97. The molecule has 0 aliphatic carbocycles. The summed E-state index contributed by atoms with van der Waals surface area (Å²) in [5.74, 6) is 0.00501. The molecule has 0 spiro atoms. The summed E-state index contributed by atoms with van der Waals surface area (Å²) in [5, 5.41) is 10.1. The summed E-state index contributed by atoms with van der Waals surface area (Å²) in [6.07, 6.45) is 3.38. The molecule has 2 heterocycles. The van der Waals surface area contributed by atoms with E-state index in [0.29, 0.717) is 5.56 Å². The number of piperazine rings is 1. The van der Waals surface area contributed by atoms with Gasteiger partial charge in [-0.1, -0.05) is 6.58 Å². The Morgan fingerprint density at radius 1 is 1.36 bits per heavy atom. The minimum absolute atomic E-state index is 0.00501. The molecule has 0 bridgehead atoms. The number of aromatic nitrogens is 1. The van der Waals surface area contributed by atoms with Crippen LogP contribution in [0.15, 0.2) is 37.1 Å². The fourth-order valence-electron chi connectivity index (χ4n) is 2.88. The van der Waals surface area contributed by atoms with Crippen LogP contribution in [0.4, 0.5) is 0 Å². The van der Waals surface area contributed by atoms with E-state index in [1.165, 1.54) is 11.6 Å². The predicted molar refractivity (Wildman–Crippen MR) is 85.1 cm³/mol. The molecule has 0 unspecified atom stereocenters. The Hall–Kier alpha value is -2.58. The monoisotopic (exact) mass is 294 g/mol. The van der Waals surface area contributed by atoms with Crippen molar-refractivity contribution < 1.29 is 4.79 Å². The Bertz CT molecular complexity index is 748. The van der Waals surface area contributed by atoms with Crippen molar-refractivity contribution in [3.05, 3.63) is 48.2 Å². The molecule has 0 saturated carbocycles. The largest absolute Gasteiger partial charge is 0.361 e. The Balaban J connectivity index is 1.71. The predicted octanol–water partition coefficient (Wildman–Crippen LogP) is 1.87. The lowest BCUT2D eigenvalue weighted by Gasteiger charge is -2.34. The van der Waals surface area contributed by atoms with Gasteiger partial charge in [-0.25, -0.2) is 0 Å². The Labute approximate surface area is 129 Å². The highest BCUT2D eigenvalue weighted by atomic mass is 16.2. The SMILES string of the molecule is C=CC(=O)N1CCN(Cc2c[nH]c3ccc(C#N)cc23)CC1. The number of benzene rings is 1. The van der Waals surface area contributed by atoms with E-state index in [9.17, 15) is 4.79 Å². The Kier molecular flexibility index (Phi) is 3.94. The van der Waals surface area contributed by atoms with E-state index in [-0.39, 0.29) is 5.91 Å². The quantitative estimate of drug-likeness (QED) is 0.879. The second-order valence-electron chi connectivity index (χ2n) is 5.49. The number of amides is 1. The van der Waals surface area contributed by atoms with Gasteiger partial charge in [0.25, 0.3) is 0 Å². The first kappa shape index (κ1) is 14.4. The lowest BCUT2D eigenvalue weighted by molar-refractivity contribution is -0.127. The first-order valence-corrected chi connectivity index (χ1v) is 7.35. The lowest BCUT2D eigenvalue weighted by Crippen LogP contribution is -2.47. The summed E-state index contributed by atoms with van der Waals surface area (Å²) in [4.78, 5) is 19.0. The summed E-state index contributed by atoms with van der Waals surface area (Å²) in [6.45, 7) is 7.52. The molecular weight excluding hydrogens is 276 g/mol. The summed E-state index contributed by atoms with van der Waals surface area (Å²) in [5.41, 5.74) is 2.92. The average molecular weight is 294 g/mol. The smallest absolute Gasteiger partial charge is 0.246 e. The number of nitriles is 1. The topological polar surface area (TPSA) is 63.1 Å². The van der Waals surface area contributed by atoms with Crippen LogP contribution < -0.4 is 0 Å². The number of nitrogens with one attached hydrogen (secondary N) is 1. The number of fused-ring (bicyclic) bond motifs is 1. The van der Waals surface area contributed by atoms with Crippen molar-refractivity contribution in [2.24, 2.45) is 0 Å². The van der Waals surface area contributed by atoms with E-state index in [2.05, 4.69) is 22.5 Å². The highest BCUT2D eigenvalue weighted by Gasteiger charge is 2.20. The van der Waals surface area contributed by atoms with Gasteiger partial charge in [0.15, 0.2) is 0 Å². The third-order valence-corrected chi connectivity index (χ3v) is 4.15. The third-order valence-electron chi connectivity index (χ3n) is 4.15. The second kappa shape index (κ2) is 6.04. The maximum Gasteiger partial charge on any atom is 0.246 e. The van der Waals surface area contributed by atoms with Gasteiger partial charge in [-0.05, 0) is 29.8 Å².